The zero-order valence-corrected chi connectivity index (χ0v) is 15.4. The van der Waals surface area contributed by atoms with Crippen LogP contribution in [0.1, 0.15) is 70.9 Å². The molecule has 9 nitrogen and oxygen atoms in total. The molecule has 0 saturated heterocycles. The predicted molar refractivity (Wildman–Crippen MR) is 86.2 cm³/mol. The molecule has 0 saturated carbocycles. The average Bonchev–Trinajstić information content (AvgIpc) is 2.83. The van der Waals surface area contributed by atoms with Gasteiger partial charge in [-0.2, -0.15) is 4.90 Å². The molecule has 0 unspecified atom stereocenters. The summed E-state index contributed by atoms with van der Waals surface area (Å²) in [6, 6.07) is -1.03. The quantitative estimate of drug-likeness (QED) is 0.872. The fraction of sp³-hybridized carbons (Fsp3) is 0.625. The van der Waals surface area contributed by atoms with Crippen LogP contribution in [0.3, 0.4) is 0 Å². The van der Waals surface area contributed by atoms with E-state index in [1.165, 1.54) is 6.92 Å². The Labute approximate surface area is 145 Å². The minimum atomic E-state index is -1.29. The molecule has 1 heterocycles. The third kappa shape index (κ3) is 6.09. The molecule has 0 aliphatic rings. The molecule has 1 N–H and O–H groups in total. The maximum Gasteiger partial charge on any atom is 0.420 e. The first-order valence-electron chi connectivity index (χ1n) is 7.65. The molecular formula is C16H24N2O7. The lowest BCUT2D eigenvalue weighted by molar-refractivity contribution is -0.00832. The predicted octanol–water partition coefficient (Wildman–Crippen LogP) is 3.61. The molecule has 1 rings (SSSR count). The number of ether oxygens (including phenoxy) is 2. The highest BCUT2D eigenvalue weighted by atomic mass is 16.6. The first kappa shape index (κ1) is 20.5. The van der Waals surface area contributed by atoms with Crippen molar-refractivity contribution in [3.8, 4) is 0 Å². The largest absolute Gasteiger partial charge is 0.476 e. The summed E-state index contributed by atoms with van der Waals surface area (Å²) in [5, 5.41) is 8.92. The molecule has 9 heteroatoms. The van der Waals surface area contributed by atoms with Crippen LogP contribution in [0.4, 0.5) is 9.59 Å². The van der Waals surface area contributed by atoms with Gasteiger partial charge in [-0.25, -0.2) is 19.4 Å². The monoisotopic (exact) mass is 356 g/mol. The first-order valence-corrected chi connectivity index (χ1v) is 7.65. The van der Waals surface area contributed by atoms with Crippen LogP contribution in [0.5, 0.6) is 0 Å². The fourth-order valence-corrected chi connectivity index (χ4v) is 1.70. The standard InChI is InChI=1S/C16H24N2O7/c1-9(11-17-10(8-23-11)12(19)20)18(13(21)24-15(2,3)4)14(22)25-16(5,6)7/h8-9H,1-7H3,(H,19,20)/t9-/m0/s1. The van der Waals surface area contributed by atoms with E-state index < -0.39 is 35.4 Å². The van der Waals surface area contributed by atoms with E-state index in [-0.39, 0.29) is 11.6 Å². The van der Waals surface area contributed by atoms with Gasteiger partial charge in [-0.1, -0.05) is 0 Å². The van der Waals surface area contributed by atoms with Gasteiger partial charge in [0.2, 0.25) is 5.89 Å². The van der Waals surface area contributed by atoms with Crippen molar-refractivity contribution >= 4 is 18.2 Å². The van der Waals surface area contributed by atoms with Gasteiger partial charge in [0.1, 0.15) is 23.5 Å². The lowest BCUT2D eigenvalue weighted by Crippen LogP contribution is -2.44. The van der Waals surface area contributed by atoms with E-state index in [1.54, 1.807) is 41.5 Å². The number of aromatic carboxylic acids is 1. The SMILES string of the molecule is C[C@@H](c1nc(C(=O)O)co1)N(C(=O)OC(C)(C)C)C(=O)OC(C)(C)C. The van der Waals surface area contributed by atoms with Crippen molar-refractivity contribution < 1.29 is 33.4 Å². The van der Waals surface area contributed by atoms with E-state index in [4.69, 9.17) is 19.0 Å². The summed E-state index contributed by atoms with van der Waals surface area (Å²) in [7, 11) is 0. The van der Waals surface area contributed by atoms with E-state index in [1.807, 2.05) is 0 Å². The molecule has 0 fully saturated rings. The number of carboxylic acid groups (broad SMARTS) is 1. The first-order chi connectivity index (χ1) is 11.2. The normalized spacial score (nSPS) is 13.1. The Balaban J connectivity index is 3.17. The van der Waals surface area contributed by atoms with Gasteiger partial charge in [-0.3, -0.25) is 0 Å². The van der Waals surface area contributed by atoms with Gasteiger partial charge in [0.25, 0.3) is 0 Å². The second-order valence-corrected chi connectivity index (χ2v) is 7.38. The highest BCUT2D eigenvalue weighted by Gasteiger charge is 2.37. The number of oxazole rings is 1. The van der Waals surface area contributed by atoms with Gasteiger partial charge >= 0.3 is 18.2 Å². The second-order valence-electron chi connectivity index (χ2n) is 7.38. The molecule has 0 aliphatic carbocycles. The molecule has 0 aliphatic heterocycles. The molecule has 0 radical (unpaired) electrons. The van der Waals surface area contributed by atoms with Crippen molar-refractivity contribution in [3.05, 3.63) is 17.8 Å². The van der Waals surface area contributed by atoms with Crippen molar-refractivity contribution in [3.63, 3.8) is 0 Å². The van der Waals surface area contributed by atoms with E-state index >= 15 is 0 Å². The van der Waals surface area contributed by atoms with Crippen LogP contribution < -0.4 is 0 Å². The van der Waals surface area contributed by atoms with Crippen LogP contribution >= 0.6 is 0 Å². The number of aromatic nitrogens is 1. The van der Waals surface area contributed by atoms with E-state index in [9.17, 15) is 14.4 Å². The number of carboxylic acids is 1. The van der Waals surface area contributed by atoms with Gasteiger partial charge < -0.3 is 19.0 Å². The molecule has 0 aromatic carbocycles. The third-order valence-corrected chi connectivity index (χ3v) is 2.67. The van der Waals surface area contributed by atoms with Crippen molar-refractivity contribution in [1.82, 2.24) is 9.88 Å². The summed E-state index contributed by atoms with van der Waals surface area (Å²) in [4.78, 5) is 40.3. The van der Waals surface area contributed by atoms with Crippen LogP contribution in [-0.4, -0.2) is 44.3 Å². The molecule has 0 bridgehead atoms. The number of carbonyl (C=O) groups is 3. The minimum Gasteiger partial charge on any atom is -0.476 e. The van der Waals surface area contributed by atoms with Gasteiger partial charge in [-0.05, 0) is 48.5 Å². The summed E-state index contributed by atoms with van der Waals surface area (Å²) in [5.74, 6) is -1.42. The molecule has 1 aromatic rings. The Bertz CT molecular complexity index is 624. The molecule has 140 valence electrons. The maximum absolute atomic E-state index is 12.5. The fourth-order valence-electron chi connectivity index (χ4n) is 1.70. The van der Waals surface area contributed by atoms with Gasteiger partial charge in [0, 0.05) is 0 Å². The van der Waals surface area contributed by atoms with Crippen molar-refractivity contribution in [2.24, 2.45) is 0 Å². The number of rotatable bonds is 3. The Hall–Kier alpha value is -2.58. The number of nitrogens with zero attached hydrogens (tertiary/aromatic N) is 2. The minimum absolute atomic E-state index is 0.130. The van der Waals surface area contributed by atoms with Crippen LogP contribution in [0.2, 0.25) is 0 Å². The summed E-state index contributed by atoms with van der Waals surface area (Å²) in [6.45, 7) is 11.3. The van der Waals surface area contributed by atoms with Crippen LogP contribution in [0.25, 0.3) is 0 Å². The van der Waals surface area contributed by atoms with Crippen molar-refractivity contribution in [2.75, 3.05) is 0 Å². The molecule has 1 atom stereocenters. The zero-order chi connectivity index (χ0) is 19.6. The Kier molecular flexibility index (Phi) is 5.83. The number of carbonyl (C=O) groups excluding carboxylic acids is 2. The van der Waals surface area contributed by atoms with E-state index in [0.29, 0.717) is 4.90 Å². The van der Waals surface area contributed by atoms with Gasteiger partial charge in [0.15, 0.2) is 5.69 Å². The number of imide groups is 1. The maximum atomic E-state index is 12.5. The number of hydrogen-bond acceptors (Lipinski definition) is 7. The molecular weight excluding hydrogens is 332 g/mol. The molecule has 2 amide bonds. The van der Waals surface area contributed by atoms with Gasteiger partial charge in [-0.15, -0.1) is 0 Å². The topological polar surface area (TPSA) is 119 Å². The summed E-state index contributed by atoms with van der Waals surface area (Å²) >= 11 is 0. The lowest BCUT2D eigenvalue weighted by Gasteiger charge is -2.30. The Morgan fingerprint density at radius 2 is 1.52 bits per heavy atom. The molecule has 0 spiro atoms. The van der Waals surface area contributed by atoms with Crippen LogP contribution in [0.15, 0.2) is 10.7 Å². The highest BCUT2D eigenvalue weighted by molar-refractivity contribution is 5.89. The Morgan fingerprint density at radius 3 is 1.84 bits per heavy atom. The van der Waals surface area contributed by atoms with Crippen LogP contribution in [0, 0.1) is 0 Å². The summed E-state index contributed by atoms with van der Waals surface area (Å²) in [5.41, 5.74) is -2.03. The average molecular weight is 356 g/mol. The smallest absolute Gasteiger partial charge is 0.420 e. The van der Waals surface area contributed by atoms with Crippen molar-refractivity contribution in [1.29, 1.82) is 0 Å². The lowest BCUT2D eigenvalue weighted by atomic mass is 10.2. The van der Waals surface area contributed by atoms with E-state index in [2.05, 4.69) is 4.98 Å². The van der Waals surface area contributed by atoms with Gasteiger partial charge in [0.05, 0.1) is 0 Å². The molecule has 1 aromatic heterocycles. The summed E-state index contributed by atoms with van der Waals surface area (Å²) < 4.78 is 15.5. The van der Waals surface area contributed by atoms with Crippen molar-refractivity contribution in [2.45, 2.75) is 65.7 Å². The summed E-state index contributed by atoms with van der Waals surface area (Å²) in [6.07, 6.45) is -0.982. The highest BCUT2D eigenvalue weighted by Crippen LogP contribution is 2.25. The second kappa shape index (κ2) is 7.12. The number of amides is 2. The third-order valence-electron chi connectivity index (χ3n) is 2.67. The van der Waals surface area contributed by atoms with Crippen LogP contribution in [-0.2, 0) is 9.47 Å². The molecule has 25 heavy (non-hydrogen) atoms. The number of hydrogen-bond donors (Lipinski definition) is 1. The van der Waals surface area contributed by atoms with E-state index in [0.717, 1.165) is 6.26 Å². The zero-order valence-electron chi connectivity index (χ0n) is 15.4. The Morgan fingerprint density at radius 1 is 1.08 bits per heavy atom.